The van der Waals surface area contributed by atoms with E-state index in [1.54, 1.807) is 25.2 Å². The molecular formula is C22H30N6O2. The summed E-state index contributed by atoms with van der Waals surface area (Å²) in [6, 6.07) is 1.68. The molecular weight excluding hydrogens is 380 g/mol. The molecule has 1 atom stereocenters. The quantitative estimate of drug-likeness (QED) is 0.769. The first kappa shape index (κ1) is 20.4. The molecule has 2 amide bonds. The van der Waals surface area contributed by atoms with Crippen LogP contribution < -0.4 is 4.90 Å². The molecule has 0 aromatic carbocycles. The van der Waals surface area contributed by atoms with Crippen LogP contribution in [-0.4, -0.2) is 76.2 Å². The molecule has 8 heteroatoms. The number of nitrogens with zero attached hydrogens (tertiary/aromatic N) is 6. The molecule has 0 bridgehead atoms. The second-order valence-corrected chi connectivity index (χ2v) is 8.51. The predicted octanol–water partition coefficient (Wildman–Crippen LogP) is 1.87. The van der Waals surface area contributed by atoms with Crippen molar-refractivity contribution in [3.63, 3.8) is 0 Å². The van der Waals surface area contributed by atoms with E-state index in [0.717, 1.165) is 55.7 Å². The number of carbonyl (C=O) groups is 2. The second-order valence-electron chi connectivity index (χ2n) is 8.51. The Morgan fingerprint density at radius 1 is 1.07 bits per heavy atom. The first-order valence-electron chi connectivity index (χ1n) is 10.7. The van der Waals surface area contributed by atoms with Gasteiger partial charge in [0.25, 0.3) is 0 Å². The number of aryl methyl sites for hydroxylation is 1. The number of anilines is 1. The molecule has 2 fully saturated rings. The van der Waals surface area contributed by atoms with Crippen molar-refractivity contribution in [2.24, 2.45) is 5.92 Å². The van der Waals surface area contributed by atoms with Gasteiger partial charge in [-0.3, -0.25) is 14.6 Å². The zero-order chi connectivity index (χ0) is 21.3. The maximum Gasteiger partial charge on any atom is 0.244 e. The third-order valence-electron chi connectivity index (χ3n) is 6.18. The van der Waals surface area contributed by atoms with Gasteiger partial charge in [-0.15, -0.1) is 0 Å². The summed E-state index contributed by atoms with van der Waals surface area (Å²) in [6.07, 6.45) is 10.7. The van der Waals surface area contributed by atoms with Gasteiger partial charge in [0, 0.05) is 52.0 Å². The molecule has 2 aliphatic rings. The van der Waals surface area contributed by atoms with Gasteiger partial charge in [-0.25, -0.2) is 4.68 Å². The predicted molar refractivity (Wildman–Crippen MR) is 114 cm³/mol. The van der Waals surface area contributed by atoms with Crippen LogP contribution in [0.15, 0.2) is 30.9 Å². The number of pyridine rings is 1. The molecule has 0 N–H and O–H groups in total. The van der Waals surface area contributed by atoms with E-state index in [1.807, 2.05) is 41.2 Å². The Morgan fingerprint density at radius 2 is 1.83 bits per heavy atom. The summed E-state index contributed by atoms with van der Waals surface area (Å²) in [5.74, 6) is 0.151. The molecule has 0 saturated carbocycles. The summed E-state index contributed by atoms with van der Waals surface area (Å²) in [4.78, 5) is 35.7. The van der Waals surface area contributed by atoms with Gasteiger partial charge in [-0.2, -0.15) is 5.10 Å². The van der Waals surface area contributed by atoms with E-state index < -0.39 is 0 Å². The average molecular weight is 411 g/mol. The van der Waals surface area contributed by atoms with Crippen molar-refractivity contribution in [3.8, 4) is 5.69 Å². The SMILES string of the molecule is Cc1cnn(-c2ccncc2N2CCC(C(=O)N3CCC[C@@H]3C(=O)N(C)C)CC2)c1. The molecule has 2 aliphatic heterocycles. The maximum absolute atomic E-state index is 13.2. The molecule has 2 aromatic heterocycles. The highest BCUT2D eigenvalue weighted by atomic mass is 16.2. The molecule has 8 nitrogen and oxygen atoms in total. The van der Waals surface area contributed by atoms with Crippen molar-refractivity contribution in [1.29, 1.82) is 0 Å². The lowest BCUT2D eigenvalue weighted by atomic mass is 9.94. The van der Waals surface area contributed by atoms with Gasteiger partial charge in [0.15, 0.2) is 0 Å². The van der Waals surface area contributed by atoms with Gasteiger partial charge in [0.1, 0.15) is 6.04 Å². The van der Waals surface area contributed by atoms with Crippen molar-refractivity contribution in [2.75, 3.05) is 38.6 Å². The normalized spacial score (nSPS) is 19.9. The molecule has 4 heterocycles. The zero-order valence-electron chi connectivity index (χ0n) is 18.0. The minimum absolute atomic E-state index is 0.0242. The fourth-order valence-electron chi connectivity index (χ4n) is 4.55. The number of hydrogen-bond donors (Lipinski definition) is 0. The number of likely N-dealkylation sites (tertiary alicyclic amines) is 1. The van der Waals surface area contributed by atoms with Gasteiger partial charge in [-0.05, 0) is 44.2 Å². The van der Waals surface area contributed by atoms with Crippen molar-refractivity contribution in [2.45, 2.75) is 38.6 Å². The van der Waals surface area contributed by atoms with E-state index in [4.69, 9.17) is 0 Å². The number of hydrogen-bond acceptors (Lipinski definition) is 5. The number of rotatable bonds is 4. The lowest BCUT2D eigenvalue weighted by Crippen LogP contribution is -2.49. The molecule has 160 valence electrons. The first-order chi connectivity index (χ1) is 14.5. The van der Waals surface area contributed by atoms with E-state index in [2.05, 4.69) is 15.0 Å². The Labute approximate surface area is 177 Å². The van der Waals surface area contributed by atoms with Crippen LogP contribution in [-0.2, 0) is 9.59 Å². The average Bonchev–Trinajstić information content (AvgIpc) is 3.42. The molecule has 0 unspecified atom stereocenters. The van der Waals surface area contributed by atoms with Gasteiger partial charge in [-0.1, -0.05) is 0 Å². The molecule has 30 heavy (non-hydrogen) atoms. The summed E-state index contributed by atoms with van der Waals surface area (Å²) in [5.41, 5.74) is 3.14. The van der Waals surface area contributed by atoms with E-state index >= 15 is 0 Å². The fourth-order valence-corrected chi connectivity index (χ4v) is 4.55. The zero-order valence-corrected chi connectivity index (χ0v) is 18.0. The molecule has 0 aliphatic carbocycles. The van der Waals surface area contributed by atoms with Crippen LogP contribution in [0.5, 0.6) is 0 Å². The number of carbonyl (C=O) groups excluding carboxylic acids is 2. The van der Waals surface area contributed by atoms with Crippen LogP contribution in [0.4, 0.5) is 5.69 Å². The highest BCUT2D eigenvalue weighted by Gasteiger charge is 2.38. The molecule has 2 aromatic rings. The summed E-state index contributed by atoms with van der Waals surface area (Å²) in [6.45, 7) is 4.29. The molecule has 0 radical (unpaired) electrons. The van der Waals surface area contributed by atoms with Crippen LogP contribution in [0.3, 0.4) is 0 Å². The smallest absolute Gasteiger partial charge is 0.244 e. The third kappa shape index (κ3) is 3.91. The Morgan fingerprint density at radius 3 is 2.50 bits per heavy atom. The Bertz CT molecular complexity index is 916. The van der Waals surface area contributed by atoms with Gasteiger partial charge < -0.3 is 14.7 Å². The van der Waals surface area contributed by atoms with Crippen LogP contribution in [0, 0.1) is 12.8 Å². The van der Waals surface area contributed by atoms with E-state index in [0.29, 0.717) is 6.54 Å². The lowest BCUT2D eigenvalue weighted by molar-refractivity contribution is -0.145. The van der Waals surface area contributed by atoms with Crippen molar-refractivity contribution in [3.05, 3.63) is 36.4 Å². The summed E-state index contributed by atoms with van der Waals surface area (Å²) < 4.78 is 1.88. The number of aromatic nitrogens is 3. The highest BCUT2D eigenvalue weighted by Crippen LogP contribution is 2.30. The topological polar surface area (TPSA) is 74.6 Å². The Kier molecular flexibility index (Phi) is 5.74. The Hall–Kier alpha value is -2.90. The molecule has 4 rings (SSSR count). The second kappa shape index (κ2) is 8.45. The van der Waals surface area contributed by atoms with Crippen molar-refractivity contribution >= 4 is 17.5 Å². The first-order valence-corrected chi connectivity index (χ1v) is 10.7. The van der Waals surface area contributed by atoms with Crippen LogP contribution >= 0.6 is 0 Å². The number of piperidine rings is 1. The monoisotopic (exact) mass is 410 g/mol. The standard InChI is InChI=1S/C22H30N6O2/c1-16-13-24-28(15-16)18-6-9-23-14-20(18)26-11-7-17(8-12-26)21(29)27-10-4-5-19(27)22(30)25(2)3/h6,9,13-15,17,19H,4-5,7-8,10-12H2,1-3H3/t19-/m1/s1. The van der Waals surface area contributed by atoms with Crippen LogP contribution in [0.25, 0.3) is 5.69 Å². The fraction of sp³-hybridized carbons (Fsp3) is 0.545. The minimum atomic E-state index is -0.293. The summed E-state index contributed by atoms with van der Waals surface area (Å²) in [7, 11) is 3.52. The van der Waals surface area contributed by atoms with E-state index in [-0.39, 0.29) is 23.8 Å². The maximum atomic E-state index is 13.2. The molecule has 0 spiro atoms. The number of likely N-dealkylation sites (N-methyl/N-ethyl adjacent to an activating group) is 1. The van der Waals surface area contributed by atoms with Crippen molar-refractivity contribution in [1.82, 2.24) is 24.6 Å². The van der Waals surface area contributed by atoms with Gasteiger partial charge >= 0.3 is 0 Å². The van der Waals surface area contributed by atoms with Crippen LogP contribution in [0.2, 0.25) is 0 Å². The number of amides is 2. The largest absolute Gasteiger partial charge is 0.368 e. The summed E-state index contributed by atoms with van der Waals surface area (Å²) >= 11 is 0. The van der Waals surface area contributed by atoms with Crippen molar-refractivity contribution < 1.29 is 9.59 Å². The van der Waals surface area contributed by atoms with Crippen LogP contribution in [0.1, 0.15) is 31.2 Å². The van der Waals surface area contributed by atoms with E-state index in [9.17, 15) is 9.59 Å². The minimum Gasteiger partial charge on any atom is -0.368 e. The van der Waals surface area contributed by atoms with Gasteiger partial charge in [0.2, 0.25) is 11.8 Å². The molecule has 2 saturated heterocycles. The van der Waals surface area contributed by atoms with E-state index in [1.165, 1.54) is 0 Å². The Balaban J connectivity index is 1.44. The third-order valence-corrected chi connectivity index (χ3v) is 6.18. The lowest BCUT2D eigenvalue weighted by Gasteiger charge is -2.36. The summed E-state index contributed by atoms with van der Waals surface area (Å²) in [5, 5.41) is 4.44. The highest BCUT2D eigenvalue weighted by molar-refractivity contribution is 5.89. The van der Waals surface area contributed by atoms with Gasteiger partial charge in [0.05, 0.1) is 23.8 Å².